The molecule has 0 fully saturated rings. The van der Waals surface area contributed by atoms with Crippen LogP contribution in [0.25, 0.3) is 0 Å². The zero-order chi connectivity index (χ0) is 14.0. The molecule has 0 unspecified atom stereocenters. The van der Waals surface area contributed by atoms with Crippen LogP contribution in [0.5, 0.6) is 5.75 Å². The van der Waals surface area contributed by atoms with Crippen molar-refractivity contribution >= 4 is 43.5 Å². The van der Waals surface area contributed by atoms with Gasteiger partial charge in [0.25, 0.3) is 5.91 Å². The highest BCUT2D eigenvalue weighted by Crippen LogP contribution is 2.30. The summed E-state index contributed by atoms with van der Waals surface area (Å²) in [6.07, 6.45) is 0. The number of phenols is 1. The zero-order valence-electron chi connectivity index (χ0n) is 10.1. The third kappa shape index (κ3) is 3.16. The molecule has 0 saturated heterocycles. The number of aromatic hydroxyl groups is 1. The summed E-state index contributed by atoms with van der Waals surface area (Å²) < 4.78 is 1.64. The SMILES string of the molecule is CN(C(=O)c1cccc(Br)c1)c1cc(Br)ccc1O. The standard InChI is InChI=1S/C14H11Br2NO2/c1-17(12-8-11(16)5-6-13(12)18)14(19)9-3-2-4-10(15)7-9/h2-8,18H,1H3. The summed E-state index contributed by atoms with van der Waals surface area (Å²) in [6, 6.07) is 12.1. The first-order valence-electron chi connectivity index (χ1n) is 5.51. The Kier molecular flexibility index (Phi) is 4.27. The van der Waals surface area contributed by atoms with Gasteiger partial charge in [-0.3, -0.25) is 4.79 Å². The van der Waals surface area contributed by atoms with Crippen LogP contribution in [-0.2, 0) is 0 Å². The Morgan fingerprint density at radius 3 is 2.47 bits per heavy atom. The largest absolute Gasteiger partial charge is 0.506 e. The lowest BCUT2D eigenvalue weighted by molar-refractivity contribution is 0.0992. The molecule has 0 atom stereocenters. The van der Waals surface area contributed by atoms with Crippen molar-refractivity contribution in [1.29, 1.82) is 0 Å². The predicted molar refractivity (Wildman–Crippen MR) is 82.7 cm³/mol. The first kappa shape index (κ1) is 14.1. The van der Waals surface area contributed by atoms with E-state index in [1.165, 1.54) is 4.90 Å². The fourth-order valence-corrected chi connectivity index (χ4v) is 2.44. The van der Waals surface area contributed by atoms with Gasteiger partial charge >= 0.3 is 0 Å². The first-order chi connectivity index (χ1) is 8.99. The second-order valence-corrected chi connectivity index (χ2v) is 5.84. The van der Waals surface area contributed by atoms with E-state index in [0.29, 0.717) is 11.3 Å². The Balaban J connectivity index is 2.36. The van der Waals surface area contributed by atoms with Crippen molar-refractivity contribution in [1.82, 2.24) is 0 Å². The molecule has 0 bridgehead atoms. The highest BCUT2D eigenvalue weighted by Gasteiger charge is 2.16. The van der Waals surface area contributed by atoms with Crippen molar-refractivity contribution in [2.24, 2.45) is 0 Å². The maximum Gasteiger partial charge on any atom is 0.258 e. The third-order valence-corrected chi connectivity index (χ3v) is 3.66. The summed E-state index contributed by atoms with van der Waals surface area (Å²) in [7, 11) is 1.63. The smallest absolute Gasteiger partial charge is 0.258 e. The van der Waals surface area contributed by atoms with Gasteiger partial charge in [0.05, 0.1) is 5.69 Å². The number of halogens is 2. The molecule has 1 amide bonds. The molecule has 0 spiro atoms. The van der Waals surface area contributed by atoms with Gasteiger partial charge in [0.1, 0.15) is 5.75 Å². The molecule has 2 aromatic rings. The van der Waals surface area contributed by atoms with Crippen molar-refractivity contribution in [2.45, 2.75) is 0 Å². The van der Waals surface area contributed by atoms with Gasteiger partial charge in [0, 0.05) is 21.6 Å². The minimum atomic E-state index is -0.185. The third-order valence-electron chi connectivity index (χ3n) is 2.68. The van der Waals surface area contributed by atoms with E-state index in [-0.39, 0.29) is 11.7 Å². The Morgan fingerprint density at radius 2 is 1.79 bits per heavy atom. The van der Waals surface area contributed by atoms with Gasteiger partial charge in [-0.05, 0) is 36.4 Å². The highest BCUT2D eigenvalue weighted by molar-refractivity contribution is 9.10. The fourth-order valence-electron chi connectivity index (χ4n) is 1.69. The number of carbonyl (C=O) groups excluding carboxylic acids is 1. The van der Waals surface area contributed by atoms with E-state index in [2.05, 4.69) is 31.9 Å². The highest BCUT2D eigenvalue weighted by atomic mass is 79.9. The summed E-state index contributed by atoms with van der Waals surface area (Å²) in [5.74, 6) is -0.122. The van der Waals surface area contributed by atoms with Gasteiger partial charge < -0.3 is 10.0 Å². The molecule has 2 rings (SSSR count). The van der Waals surface area contributed by atoms with E-state index in [1.807, 2.05) is 6.07 Å². The average molecular weight is 385 g/mol. The van der Waals surface area contributed by atoms with E-state index >= 15 is 0 Å². The van der Waals surface area contributed by atoms with Crippen molar-refractivity contribution in [3.63, 3.8) is 0 Å². The number of anilines is 1. The predicted octanol–water partition coefficient (Wildman–Crippen LogP) is 4.19. The van der Waals surface area contributed by atoms with Crippen LogP contribution in [0.15, 0.2) is 51.4 Å². The Bertz CT molecular complexity index is 629. The second-order valence-electron chi connectivity index (χ2n) is 4.01. The quantitative estimate of drug-likeness (QED) is 0.843. The lowest BCUT2D eigenvalue weighted by Crippen LogP contribution is -2.26. The molecule has 0 aliphatic heterocycles. The van der Waals surface area contributed by atoms with Gasteiger partial charge in [0.15, 0.2) is 0 Å². The number of phenolic OH excluding ortho intramolecular Hbond substituents is 1. The second kappa shape index (κ2) is 5.75. The normalized spacial score (nSPS) is 10.3. The van der Waals surface area contributed by atoms with Crippen LogP contribution in [0.3, 0.4) is 0 Å². The molecule has 0 heterocycles. The lowest BCUT2D eigenvalue weighted by Gasteiger charge is -2.19. The Labute approximate surface area is 128 Å². The number of benzene rings is 2. The Hall–Kier alpha value is -1.33. The molecule has 0 radical (unpaired) electrons. The van der Waals surface area contributed by atoms with Crippen LogP contribution in [0.2, 0.25) is 0 Å². The van der Waals surface area contributed by atoms with Crippen LogP contribution in [0, 0.1) is 0 Å². The number of hydrogen-bond donors (Lipinski definition) is 1. The molecule has 3 nitrogen and oxygen atoms in total. The van der Waals surface area contributed by atoms with Crippen LogP contribution in [-0.4, -0.2) is 18.1 Å². The monoisotopic (exact) mass is 383 g/mol. The summed E-state index contributed by atoms with van der Waals surface area (Å²) in [4.78, 5) is 13.8. The topological polar surface area (TPSA) is 40.5 Å². The summed E-state index contributed by atoms with van der Waals surface area (Å²) in [5.41, 5.74) is 1.01. The molecule has 0 aromatic heterocycles. The maximum atomic E-state index is 12.3. The number of rotatable bonds is 2. The van der Waals surface area contributed by atoms with Crippen LogP contribution in [0.1, 0.15) is 10.4 Å². The molecule has 19 heavy (non-hydrogen) atoms. The van der Waals surface area contributed by atoms with Crippen molar-refractivity contribution in [3.8, 4) is 5.75 Å². The van der Waals surface area contributed by atoms with Gasteiger partial charge in [-0.15, -0.1) is 0 Å². The molecule has 2 aromatic carbocycles. The van der Waals surface area contributed by atoms with Crippen molar-refractivity contribution in [2.75, 3.05) is 11.9 Å². The van der Waals surface area contributed by atoms with Crippen molar-refractivity contribution in [3.05, 3.63) is 57.0 Å². The zero-order valence-corrected chi connectivity index (χ0v) is 13.3. The number of amides is 1. The summed E-state index contributed by atoms with van der Waals surface area (Å²) >= 11 is 6.66. The molecule has 0 saturated carbocycles. The minimum Gasteiger partial charge on any atom is -0.506 e. The van der Waals surface area contributed by atoms with Crippen LogP contribution < -0.4 is 4.90 Å². The van der Waals surface area contributed by atoms with Gasteiger partial charge in [-0.25, -0.2) is 0 Å². The van der Waals surface area contributed by atoms with E-state index in [1.54, 1.807) is 43.4 Å². The summed E-state index contributed by atoms with van der Waals surface area (Å²) in [6.45, 7) is 0. The molecule has 1 N–H and O–H groups in total. The van der Waals surface area contributed by atoms with Crippen molar-refractivity contribution < 1.29 is 9.90 Å². The van der Waals surface area contributed by atoms with Crippen LogP contribution in [0.4, 0.5) is 5.69 Å². The summed E-state index contributed by atoms with van der Waals surface area (Å²) in [5, 5.41) is 9.83. The molecule has 0 aliphatic carbocycles. The van der Waals surface area contributed by atoms with Crippen LogP contribution >= 0.6 is 31.9 Å². The Morgan fingerprint density at radius 1 is 1.11 bits per heavy atom. The first-order valence-corrected chi connectivity index (χ1v) is 7.10. The molecular formula is C14H11Br2NO2. The van der Waals surface area contributed by atoms with E-state index in [9.17, 15) is 9.90 Å². The van der Waals surface area contributed by atoms with E-state index < -0.39 is 0 Å². The fraction of sp³-hybridized carbons (Fsp3) is 0.0714. The van der Waals surface area contributed by atoms with Gasteiger partial charge in [-0.1, -0.05) is 37.9 Å². The number of hydrogen-bond acceptors (Lipinski definition) is 2. The molecule has 0 aliphatic rings. The number of nitrogens with zero attached hydrogens (tertiary/aromatic N) is 1. The number of carbonyl (C=O) groups is 1. The molecule has 98 valence electrons. The van der Waals surface area contributed by atoms with Gasteiger partial charge in [0.2, 0.25) is 0 Å². The van der Waals surface area contributed by atoms with Gasteiger partial charge in [-0.2, -0.15) is 0 Å². The minimum absolute atomic E-state index is 0.0639. The van der Waals surface area contributed by atoms with E-state index in [4.69, 9.17) is 0 Å². The lowest BCUT2D eigenvalue weighted by atomic mass is 10.2. The molecular weight excluding hydrogens is 374 g/mol. The van der Waals surface area contributed by atoms with E-state index in [0.717, 1.165) is 8.95 Å². The molecule has 5 heteroatoms. The average Bonchev–Trinajstić information content (AvgIpc) is 2.40. The maximum absolute atomic E-state index is 12.3.